The number of benzene rings is 1. The lowest BCUT2D eigenvalue weighted by atomic mass is 10.0. The number of sulfonamides is 1. The maximum Gasteiger partial charge on any atom is 0.272 e. The Hall–Kier alpha value is -2.72. The summed E-state index contributed by atoms with van der Waals surface area (Å²) in [4.78, 5) is 26.6. The predicted octanol–water partition coefficient (Wildman–Crippen LogP) is 0.206. The molecule has 0 unspecified atom stereocenters. The topological polar surface area (TPSA) is 124 Å². The van der Waals surface area contributed by atoms with Crippen molar-refractivity contribution in [2.45, 2.75) is 25.8 Å². The molecule has 0 aliphatic carbocycles. The van der Waals surface area contributed by atoms with Crippen molar-refractivity contribution in [3.05, 3.63) is 52.8 Å². The quantitative estimate of drug-likeness (QED) is 0.564. The van der Waals surface area contributed by atoms with Gasteiger partial charge in [0, 0.05) is 25.1 Å². The van der Waals surface area contributed by atoms with E-state index in [1.807, 2.05) is 30.3 Å². The summed E-state index contributed by atoms with van der Waals surface area (Å²) in [5.74, 6) is -0.555. The number of H-pyrrole nitrogens is 1. The maximum absolute atomic E-state index is 12.5. The average Bonchev–Trinajstić information content (AvgIpc) is 3.16. The number of aromatic nitrogens is 2. The molecule has 1 aromatic heterocycles. The Morgan fingerprint density at radius 3 is 2.72 bits per heavy atom. The molecule has 2 heterocycles. The number of aromatic amines is 1. The Labute approximate surface area is 169 Å². The number of aryl methyl sites for hydroxylation is 1. The van der Waals surface area contributed by atoms with Gasteiger partial charge >= 0.3 is 0 Å². The van der Waals surface area contributed by atoms with Crippen LogP contribution in [0.3, 0.4) is 0 Å². The zero-order valence-electron chi connectivity index (χ0n) is 16.3. The molecule has 2 aromatic rings. The number of hydrogen-bond acceptors (Lipinski definition) is 5. The highest BCUT2D eigenvalue weighted by Gasteiger charge is 2.27. The van der Waals surface area contributed by atoms with E-state index in [4.69, 9.17) is 0 Å². The van der Waals surface area contributed by atoms with Crippen LogP contribution in [0.2, 0.25) is 0 Å². The van der Waals surface area contributed by atoms with Crippen LogP contribution >= 0.6 is 0 Å². The van der Waals surface area contributed by atoms with Crippen LogP contribution in [0.1, 0.15) is 33.7 Å². The molecule has 1 aliphatic heterocycles. The third kappa shape index (κ3) is 5.42. The molecule has 0 atom stereocenters. The van der Waals surface area contributed by atoms with Crippen LogP contribution < -0.4 is 10.0 Å². The highest BCUT2D eigenvalue weighted by Crippen LogP contribution is 2.21. The van der Waals surface area contributed by atoms with Crippen molar-refractivity contribution >= 4 is 21.8 Å². The van der Waals surface area contributed by atoms with Crippen molar-refractivity contribution < 1.29 is 18.0 Å². The average molecular weight is 420 g/mol. The summed E-state index contributed by atoms with van der Waals surface area (Å²) < 4.78 is 25.0. The van der Waals surface area contributed by atoms with Gasteiger partial charge in [0.1, 0.15) is 0 Å². The van der Waals surface area contributed by atoms with Crippen LogP contribution in [-0.2, 0) is 34.2 Å². The second kappa shape index (κ2) is 9.19. The summed E-state index contributed by atoms with van der Waals surface area (Å²) >= 11 is 0. The predicted molar refractivity (Wildman–Crippen MR) is 108 cm³/mol. The molecule has 3 N–H and O–H groups in total. The maximum atomic E-state index is 12.5. The minimum Gasteiger partial charge on any atom is -0.350 e. The lowest BCUT2D eigenvalue weighted by Gasteiger charge is -2.27. The van der Waals surface area contributed by atoms with Crippen molar-refractivity contribution in [2.24, 2.45) is 0 Å². The molecule has 156 valence electrons. The first-order chi connectivity index (χ1) is 13.9. The Kier molecular flexibility index (Phi) is 6.65. The number of rotatable bonds is 8. The Morgan fingerprint density at radius 1 is 1.24 bits per heavy atom. The van der Waals surface area contributed by atoms with Crippen molar-refractivity contribution in [3.63, 3.8) is 0 Å². The molecule has 10 heteroatoms. The molecule has 0 fully saturated rings. The fourth-order valence-corrected chi connectivity index (χ4v) is 3.83. The van der Waals surface area contributed by atoms with E-state index >= 15 is 0 Å². The van der Waals surface area contributed by atoms with Crippen LogP contribution in [0.15, 0.2) is 30.3 Å². The number of amides is 2. The molecule has 0 saturated heterocycles. The number of carbonyl (C=O) groups is 2. The molecule has 3 rings (SSSR count). The normalized spacial score (nSPS) is 13.8. The lowest BCUT2D eigenvalue weighted by Crippen LogP contribution is -2.37. The van der Waals surface area contributed by atoms with Gasteiger partial charge in [-0.1, -0.05) is 30.3 Å². The summed E-state index contributed by atoms with van der Waals surface area (Å²) in [6, 6.07) is 9.87. The van der Waals surface area contributed by atoms with Crippen LogP contribution in [-0.4, -0.2) is 61.2 Å². The molecule has 9 nitrogen and oxygen atoms in total. The van der Waals surface area contributed by atoms with Gasteiger partial charge in [0.15, 0.2) is 5.69 Å². The fraction of sp³-hybridized carbons (Fsp3) is 0.421. The van der Waals surface area contributed by atoms with E-state index in [0.29, 0.717) is 32.4 Å². The third-order valence-corrected chi connectivity index (χ3v) is 6.30. The smallest absolute Gasteiger partial charge is 0.272 e. The van der Waals surface area contributed by atoms with Gasteiger partial charge in [-0.25, -0.2) is 13.1 Å². The first-order valence-electron chi connectivity index (χ1n) is 9.47. The van der Waals surface area contributed by atoms with Crippen molar-refractivity contribution in [1.82, 2.24) is 25.1 Å². The highest BCUT2D eigenvalue weighted by atomic mass is 32.2. The van der Waals surface area contributed by atoms with Crippen LogP contribution in [0.4, 0.5) is 0 Å². The van der Waals surface area contributed by atoms with Gasteiger partial charge in [0.25, 0.3) is 5.91 Å². The lowest BCUT2D eigenvalue weighted by molar-refractivity contribution is -0.132. The summed E-state index contributed by atoms with van der Waals surface area (Å²) in [7, 11) is -2.05. The van der Waals surface area contributed by atoms with E-state index in [2.05, 4.69) is 20.2 Å². The molecule has 1 aromatic carbocycles. The summed E-state index contributed by atoms with van der Waals surface area (Å²) in [6.07, 6.45) is 1.65. The van der Waals surface area contributed by atoms with Crippen LogP contribution in [0.5, 0.6) is 0 Å². The third-order valence-electron chi connectivity index (χ3n) is 4.94. The van der Waals surface area contributed by atoms with Gasteiger partial charge < -0.3 is 10.2 Å². The molecular formula is C19H25N5O4S. The van der Waals surface area contributed by atoms with Crippen molar-refractivity contribution in [1.29, 1.82) is 0 Å². The zero-order valence-corrected chi connectivity index (χ0v) is 17.1. The summed E-state index contributed by atoms with van der Waals surface area (Å²) in [5.41, 5.74) is 2.92. The van der Waals surface area contributed by atoms with Gasteiger partial charge in [-0.3, -0.25) is 14.7 Å². The number of hydrogen-bond donors (Lipinski definition) is 3. The Morgan fingerprint density at radius 2 is 2.00 bits per heavy atom. The summed E-state index contributed by atoms with van der Waals surface area (Å²) in [6.45, 7) is 0.902. The van der Waals surface area contributed by atoms with Crippen LogP contribution in [0, 0.1) is 0 Å². The number of nitrogens with zero attached hydrogens (tertiary/aromatic N) is 2. The van der Waals surface area contributed by atoms with E-state index in [1.54, 1.807) is 4.90 Å². The second-order valence-corrected chi connectivity index (χ2v) is 8.91. The molecule has 0 spiro atoms. The summed E-state index contributed by atoms with van der Waals surface area (Å²) in [5, 5.41) is 9.51. The van der Waals surface area contributed by atoms with Gasteiger partial charge in [-0.05, 0) is 25.5 Å². The number of nitrogens with one attached hydrogen (secondary N) is 3. The van der Waals surface area contributed by atoms with Crippen molar-refractivity contribution in [2.75, 3.05) is 25.9 Å². The first-order valence-corrected chi connectivity index (χ1v) is 11.1. The molecule has 0 radical (unpaired) electrons. The van der Waals surface area contributed by atoms with Gasteiger partial charge in [0.05, 0.1) is 18.0 Å². The minimum atomic E-state index is -3.38. The molecule has 29 heavy (non-hydrogen) atoms. The van der Waals surface area contributed by atoms with Gasteiger partial charge in [-0.15, -0.1) is 0 Å². The monoisotopic (exact) mass is 419 g/mol. The molecule has 1 aliphatic rings. The number of fused-ring (bicyclic) bond motifs is 1. The van der Waals surface area contributed by atoms with Crippen LogP contribution in [0.25, 0.3) is 0 Å². The van der Waals surface area contributed by atoms with E-state index in [0.717, 1.165) is 16.8 Å². The molecule has 2 amide bonds. The molecule has 0 bridgehead atoms. The SMILES string of the molecule is CNS(=O)(=O)CCNC(=O)c1n[nH]c2c1CCN(C(=O)CCc1ccccc1)C2. The molecular weight excluding hydrogens is 394 g/mol. The number of carbonyl (C=O) groups excluding carboxylic acids is 2. The van der Waals surface area contributed by atoms with E-state index in [9.17, 15) is 18.0 Å². The second-order valence-electron chi connectivity index (χ2n) is 6.86. The minimum absolute atomic E-state index is 0.00621. The van der Waals surface area contributed by atoms with E-state index in [1.165, 1.54) is 7.05 Å². The standard InChI is InChI=1S/C19H25N5O4S/c1-20-29(27,28)12-10-21-19(26)18-15-9-11-24(13-16(15)22-23-18)17(25)8-7-14-5-3-2-4-6-14/h2-6,20H,7-13H2,1H3,(H,21,26)(H,22,23). The zero-order chi connectivity index (χ0) is 20.9. The largest absolute Gasteiger partial charge is 0.350 e. The Balaban J connectivity index is 1.54. The van der Waals surface area contributed by atoms with E-state index in [-0.39, 0.29) is 23.9 Å². The van der Waals surface area contributed by atoms with Gasteiger partial charge in [-0.2, -0.15) is 5.10 Å². The first kappa shape index (κ1) is 21.0. The van der Waals surface area contributed by atoms with E-state index < -0.39 is 15.9 Å². The fourth-order valence-electron chi connectivity index (χ4n) is 3.26. The molecule has 0 saturated carbocycles. The van der Waals surface area contributed by atoms with Gasteiger partial charge in [0.2, 0.25) is 15.9 Å². The Bertz CT molecular complexity index is 972. The highest BCUT2D eigenvalue weighted by molar-refractivity contribution is 7.89. The van der Waals surface area contributed by atoms with Crippen molar-refractivity contribution in [3.8, 4) is 0 Å².